The van der Waals surface area contributed by atoms with Gasteiger partial charge in [0.15, 0.2) is 0 Å². The predicted octanol–water partition coefficient (Wildman–Crippen LogP) is 7.72. The number of aromatic amines is 1. The maximum atomic E-state index is 3.43. The van der Waals surface area contributed by atoms with E-state index in [-0.39, 0.29) is 5.41 Å². The molecule has 1 aliphatic carbocycles. The Kier molecular flexibility index (Phi) is 3.56. The lowest BCUT2D eigenvalue weighted by Crippen LogP contribution is -2.27. The van der Waals surface area contributed by atoms with E-state index in [1.807, 2.05) is 6.20 Å². The number of benzene rings is 3. The molecule has 0 atom stereocenters. The van der Waals surface area contributed by atoms with Gasteiger partial charge in [-0.05, 0) is 74.7 Å². The average molecular weight is 388 g/mol. The molecule has 0 fully saturated rings. The summed E-state index contributed by atoms with van der Waals surface area (Å²) in [5.41, 5.74) is 9.67. The van der Waals surface area contributed by atoms with Crippen molar-refractivity contribution in [3.8, 4) is 11.1 Å². The number of pyridine rings is 1. The van der Waals surface area contributed by atoms with Crippen molar-refractivity contribution in [2.24, 2.45) is 0 Å². The molecule has 6 rings (SSSR count). The zero-order valence-electron chi connectivity index (χ0n) is 17.7. The molecule has 146 valence electrons. The molecular formula is C29H25N. The molecule has 1 heterocycles. The lowest BCUT2D eigenvalue weighted by Gasteiger charge is -2.35. The third kappa shape index (κ3) is 2.29. The molecule has 1 N–H and O–H groups in total. The highest BCUT2D eigenvalue weighted by molar-refractivity contribution is 6.00. The second-order valence-electron chi connectivity index (χ2n) is 9.23. The van der Waals surface area contributed by atoms with E-state index in [2.05, 4.69) is 105 Å². The molecule has 4 aromatic carbocycles. The molecule has 0 aliphatic heterocycles. The molecule has 30 heavy (non-hydrogen) atoms. The van der Waals surface area contributed by atoms with Crippen LogP contribution < -0.4 is 0 Å². The van der Waals surface area contributed by atoms with Gasteiger partial charge in [-0.3, -0.25) is 0 Å². The lowest BCUT2D eigenvalue weighted by atomic mass is 9.68. The second kappa shape index (κ2) is 6.09. The molecule has 0 spiro atoms. The molecular weight excluding hydrogens is 362 g/mol. The minimum absolute atomic E-state index is 0.0446. The zero-order chi connectivity index (χ0) is 20.5. The van der Waals surface area contributed by atoms with Crippen LogP contribution in [0.25, 0.3) is 32.8 Å². The third-order valence-corrected chi connectivity index (χ3v) is 7.07. The number of rotatable bonds is 2. The van der Waals surface area contributed by atoms with Crippen molar-refractivity contribution in [1.82, 2.24) is 4.98 Å². The Bertz CT molecular complexity index is 1390. The largest absolute Gasteiger partial charge is 0.361 e. The number of hydrogen-bond donors (Lipinski definition) is 1. The van der Waals surface area contributed by atoms with Crippen molar-refractivity contribution in [1.29, 1.82) is 0 Å². The van der Waals surface area contributed by atoms with E-state index >= 15 is 0 Å². The van der Waals surface area contributed by atoms with Crippen LogP contribution in [0.1, 0.15) is 42.0 Å². The zero-order valence-corrected chi connectivity index (χ0v) is 17.7. The van der Waals surface area contributed by atoms with Gasteiger partial charge in [0.25, 0.3) is 0 Å². The number of hydrogen-bond acceptors (Lipinski definition) is 0. The van der Waals surface area contributed by atoms with E-state index in [1.54, 1.807) is 0 Å². The molecule has 0 radical (unpaired) electrons. The fourth-order valence-electron chi connectivity index (χ4n) is 5.97. The van der Waals surface area contributed by atoms with Crippen molar-refractivity contribution in [3.05, 3.63) is 107 Å². The first-order chi connectivity index (χ1) is 14.6. The van der Waals surface area contributed by atoms with Crippen LogP contribution in [0, 0.1) is 6.92 Å². The summed E-state index contributed by atoms with van der Waals surface area (Å²) in [5.74, 6) is 0.338. The molecule has 0 saturated carbocycles. The lowest BCUT2D eigenvalue weighted by molar-refractivity contribution is 0.468. The molecule has 1 aliphatic rings. The highest BCUT2D eigenvalue weighted by Crippen LogP contribution is 2.55. The first-order valence-electron chi connectivity index (χ1n) is 10.7. The van der Waals surface area contributed by atoms with Crippen LogP contribution in [0.2, 0.25) is 0 Å². The SMILES string of the molecule is Cc1cc2cc3ccc[nH]c3cc2c1C(C)(C)C1c2ccccc2-c2ccccc21. The molecule has 1 heteroatoms. The van der Waals surface area contributed by atoms with E-state index in [0.717, 1.165) is 0 Å². The maximum absolute atomic E-state index is 3.43. The number of nitrogens with one attached hydrogen (secondary N) is 1. The summed E-state index contributed by atoms with van der Waals surface area (Å²) in [4.78, 5) is 3.43. The van der Waals surface area contributed by atoms with Crippen LogP contribution >= 0.6 is 0 Å². The van der Waals surface area contributed by atoms with E-state index in [0.29, 0.717) is 5.92 Å². The van der Waals surface area contributed by atoms with Gasteiger partial charge < -0.3 is 4.98 Å². The van der Waals surface area contributed by atoms with E-state index in [1.165, 1.54) is 55.1 Å². The second-order valence-corrected chi connectivity index (χ2v) is 9.23. The normalized spacial score (nSPS) is 13.7. The van der Waals surface area contributed by atoms with E-state index < -0.39 is 0 Å². The Hall–Kier alpha value is -3.32. The number of aryl methyl sites for hydroxylation is 1. The van der Waals surface area contributed by atoms with Crippen LogP contribution in [0.15, 0.2) is 85.1 Å². The van der Waals surface area contributed by atoms with Crippen LogP contribution in [0.4, 0.5) is 0 Å². The third-order valence-electron chi connectivity index (χ3n) is 7.07. The minimum Gasteiger partial charge on any atom is -0.361 e. The highest BCUT2D eigenvalue weighted by atomic mass is 14.6. The van der Waals surface area contributed by atoms with Crippen molar-refractivity contribution >= 4 is 21.7 Å². The van der Waals surface area contributed by atoms with Gasteiger partial charge in [-0.25, -0.2) is 0 Å². The molecule has 1 nitrogen and oxygen atoms in total. The average Bonchev–Trinajstić information content (AvgIpc) is 3.26. The van der Waals surface area contributed by atoms with Crippen molar-refractivity contribution in [2.45, 2.75) is 32.1 Å². The van der Waals surface area contributed by atoms with Crippen LogP contribution in [0.5, 0.6) is 0 Å². The Balaban J connectivity index is 1.64. The fourth-order valence-corrected chi connectivity index (χ4v) is 5.97. The standard InChI is InChI=1S/C29H25N/c1-18-15-20-16-19-9-8-14-30-26(19)17-25(20)27(18)29(2,3)28-23-12-6-4-10-21(23)22-11-5-7-13-24(22)28/h4-17,28,30H,1-3H3. The molecule has 1 aromatic heterocycles. The first-order valence-corrected chi connectivity index (χ1v) is 10.7. The Labute approximate surface area is 177 Å². The van der Waals surface area contributed by atoms with E-state index in [4.69, 9.17) is 0 Å². The summed E-state index contributed by atoms with van der Waals surface area (Å²) in [6.45, 7) is 7.13. The Morgan fingerprint density at radius 1 is 0.733 bits per heavy atom. The van der Waals surface area contributed by atoms with Crippen LogP contribution in [0.3, 0.4) is 0 Å². The Morgan fingerprint density at radius 2 is 1.40 bits per heavy atom. The van der Waals surface area contributed by atoms with Gasteiger partial charge in [0.05, 0.1) is 0 Å². The summed E-state index contributed by atoms with van der Waals surface area (Å²) in [7, 11) is 0. The molecule has 0 saturated heterocycles. The summed E-state index contributed by atoms with van der Waals surface area (Å²) < 4.78 is 0. The number of fused-ring (bicyclic) bond motifs is 5. The van der Waals surface area contributed by atoms with Gasteiger partial charge in [-0.2, -0.15) is 0 Å². The minimum atomic E-state index is -0.0446. The number of H-pyrrole nitrogens is 1. The fraction of sp³-hybridized carbons (Fsp3) is 0.172. The molecule has 0 unspecified atom stereocenters. The monoisotopic (exact) mass is 387 g/mol. The smallest absolute Gasteiger partial charge is 0.0459 e. The van der Waals surface area contributed by atoms with Crippen molar-refractivity contribution < 1.29 is 0 Å². The maximum Gasteiger partial charge on any atom is 0.0459 e. The van der Waals surface area contributed by atoms with Gasteiger partial charge in [-0.1, -0.05) is 74.5 Å². The molecule has 0 bridgehead atoms. The molecule has 5 aromatic rings. The number of aromatic nitrogens is 1. The summed E-state index contributed by atoms with van der Waals surface area (Å²) in [6, 6.07) is 29.2. The molecule has 0 amide bonds. The van der Waals surface area contributed by atoms with Gasteiger partial charge >= 0.3 is 0 Å². The summed E-state index contributed by atoms with van der Waals surface area (Å²) in [5, 5.41) is 3.97. The van der Waals surface area contributed by atoms with Gasteiger partial charge in [0.2, 0.25) is 0 Å². The Morgan fingerprint density at radius 3 is 2.10 bits per heavy atom. The van der Waals surface area contributed by atoms with Crippen LogP contribution in [-0.4, -0.2) is 4.98 Å². The van der Waals surface area contributed by atoms with Gasteiger partial charge in [0, 0.05) is 23.0 Å². The summed E-state index contributed by atoms with van der Waals surface area (Å²) >= 11 is 0. The highest BCUT2D eigenvalue weighted by Gasteiger charge is 2.41. The quantitative estimate of drug-likeness (QED) is 0.319. The first kappa shape index (κ1) is 17.5. The van der Waals surface area contributed by atoms with Gasteiger partial charge in [0.1, 0.15) is 0 Å². The van der Waals surface area contributed by atoms with Gasteiger partial charge in [-0.15, -0.1) is 0 Å². The van der Waals surface area contributed by atoms with Crippen molar-refractivity contribution in [3.63, 3.8) is 0 Å². The predicted molar refractivity (Wildman–Crippen MR) is 127 cm³/mol. The summed E-state index contributed by atoms with van der Waals surface area (Å²) in [6.07, 6.45) is 2.01. The van der Waals surface area contributed by atoms with Crippen molar-refractivity contribution in [2.75, 3.05) is 0 Å². The van der Waals surface area contributed by atoms with Crippen LogP contribution in [-0.2, 0) is 5.41 Å². The van der Waals surface area contributed by atoms with E-state index in [9.17, 15) is 0 Å². The topological polar surface area (TPSA) is 15.8 Å².